The second-order valence-electron chi connectivity index (χ2n) is 6.90. The summed E-state index contributed by atoms with van der Waals surface area (Å²) in [4.78, 5) is 30.5. The lowest BCUT2D eigenvalue weighted by Crippen LogP contribution is -2.45. The van der Waals surface area contributed by atoms with Crippen molar-refractivity contribution in [3.05, 3.63) is 48.3 Å². The largest absolute Gasteiger partial charge is 0.454 e. The van der Waals surface area contributed by atoms with Crippen LogP contribution in [0.4, 0.5) is 10.5 Å². The van der Waals surface area contributed by atoms with Gasteiger partial charge in [0, 0.05) is 43.8 Å². The number of nitrogens with zero attached hydrogens (tertiary/aromatic N) is 2. The van der Waals surface area contributed by atoms with Crippen molar-refractivity contribution in [1.82, 2.24) is 15.2 Å². The fourth-order valence-corrected chi connectivity index (χ4v) is 3.43. The fraction of sp³-hybridized carbons (Fsp3) is 0.350. The highest BCUT2D eigenvalue weighted by Crippen LogP contribution is 2.34. The predicted octanol–water partition coefficient (Wildman–Crippen LogP) is 2.48. The van der Waals surface area contributed by atoms with Crippen LogP contribution in [-0.4, -0.2) is 48.2 Å². The molecule has 3 amide bonds. The van der Waals surface area contributed by atoms with Crippen LogP contribution in [0, 0.1) is 5.92 Å². The first-order valence-corrected chi connectivity index (χ1v) is 9.33. The Morgan fingerprint density at radius 3 is 2.96 bits per heavy atom. The number of pyridine rings is 1. The van der Waals surface area contributed by atoms with Gasteiger partial charge in [0.15, 0.2) is 11.5 Å². The topological polar surface area (TPSA) is 92.8 Å². The third-order valence-corrected chi connectivity index (χ3v) is 4.91. The van der Waals surface area contributed by atoms with Crippen molar-refractivity contribution in [2.24, 2.45) is 5.92 Å². The van der Waals surface area contributed by atoms with E-state index in [9.17, 15) is 9.59 Å². The Labute approximate surface area is 162 Å². The number of hydrogen-bond donors (Lipinski definition) is 2. The van der Waals surface area contributed by atoms with E-state index in [-0.39, 0.29) is 24.6 Å². The Bertz CT molecular complexity index is 859. The Morgan fingerprint density at radius 1 is 1.21 bits per heavy atom. The van der Waals surface area contributed by atoms with E-state index >= 15 is 0 Å². The minimum absolute atomic E-state index is 0.143. The second kappa shape index (κ2) is 8.16. The van der Waals surface area contributed by atoms with Crippen molar-refractivity contribution in [2.45, 2.75) is 12.8 Å². The summed E-state index contributed by atoms with van der Waals surface area (Å²) in [5, 5.41) is 5.85. The standard InChI is InChI=1S/C20H22N4O4/c25-19(15-4-1-7-21-11-15)22-10-14-3-2-8-24(12-14)20(26)23-16-5-6-17-18(9-16)28-13-27-17/h1,4-7,9,11,14H,2-3,8,10,12-13H2,(H,22,25)(H,23,26). The minimum atomic E-state index is -0.151. The molecule has 2 N–H and O–H groups in total. The van der Waals surface area contributed by atoms with Gasteiger partial charge >= 0.3 is 6.03 Å². The number of carbonyl (C=O) groups is 2. The van der Waals surface area contributed by atoms with E-state index < -0.39 is 0 Å². The van der Waals surface area contributed by atoms with Crippen LogP contribution < -0.4 is 20.1 Å². The number of anilines is 1. The summed E-state index contributed by atoms with van der Waals surface area (Å²) >= 11 is 0. The smallest absolute Gasteiger partial charge is 0.321 e. The number of urea groups is 1. The summed E-state index contributed by atoms with van der Waals surface area (Å²) in [5.41, 5.74) is 1.21. The SMILES string of the molecule is O=C(NCC1CCCN(C(=O)Nc2ccc3c(c2)OCO3)C1)c1cccnc1. The molecule has 1 atom stereocenters. The maximum atomic E-state index is 12.6. The van der Waals surface area contributed by atoms with Crippen LogP contribution in [0.5, 0.6) is 11.5 Å². The third kappa shape index (κ3) is 4.16. The molecule has 0 aliphatic carbocycles. The highest BCUT2D eigenvalue weighted by Gasteiger charge is 2.24. The minimum Gasteiger partial charge on any atom is -0.454 e. The van der Waals surface area contributed by atoms with Gasteiger partial charge in [0.2, 0.25) is 6.79 Å². The normalized spacial score (nSPS) is 17.9. The molecule has 4 rings (SSSR count). The van der Waals surface area contributed by atoms with Gasteiger partial charge in [-0.25, -0.2) is 4.79 Å². The Balaban J connectivity index is 1.29. The molecule has 2 aromatic rings. The molecule has 8 heteroatoms. The molecule has 1 fully saturated rings. The number of piperidine rings is 1. The first-order valence-electron chi connectivity index (χ1n) is 9.33. The Kier molecular flexibility index (Phi) is 5.27. The Morgan fingerprint density at radius 2 is 2.11 bits per heavy atom. The number of benzene rings is 1. The molecule has 2 aliphatic heterocycles. The lowest BCUT2D eigenvalue weighted by Gasteiger charge is -2.32. The average Bonchev–Trinajstić information content (AvgIpc) is 3.21. The van der Waals surface area contributed by atoms with Gasteiger partial charge in [-0.2, -0.15) is 0 Å². The van der Waals surface area contributed by atoms with E-state index in [1.807, 2.05) is 0 Å². The van der Waals surface area contributed by atoms with Gasteiger partial charge in [-0.3, -0.25) is 9.78 Å². The number of carbonyl (C=O) groups excluding carboxylic acids is 2. The molecule has 0 bridgehead atoms. The van der Waals surface area contributed by atoms with Crippen molar-refractivity contribution < 1.29 is 19.1 Å². The molecule has 1 saturated heterocycles. The summed E-state index contributed by atoms with van der Waals surface area (Å²) in [5.74, 6) is 1.39. The zero-order valence-corrected chi connectivity index (χ0v) is 15.4. The fourth-order valence-electron chi connectivity index (χ4n) is 3.43. The third-order valence-electron chi connectivity index (χ3n) is 4.91. The molecule has 3 heterocycles. The Hall–Kier alpha value is -3.29. The quantitative estimate of drug-likeness (QED) is 0.848. The van der Waals surface area contributed by atoms with Gasteiger partial charge in [-0.1, -0.05) is 0 Å². The van der Waals surface area contributed by atoms with Gasteiger partial charge in [0.05, 0.1) is 5.56 Å². The van der Waals surface area contributed by atoms with E-state index in [2.05, 4.69) is 15.6 Å². The molecule has 28 heavy (non-hydrogen) atoms. The zero-order valence-electron chi connectivity index (χ0n) is 15.4. The van der Waals surface area contributed by atoms with Crippen LogP contribution in [0.25, 0.3) is 0 Å². The van der Waals surface area contributed by atoms with E-state index in [4.69, 9.17) is 9.47 Å². The van der Waals surface area contributed by atoms with Gasteiger partial charge in [-0.05, 0) is 43.0 Å². The van der Waals surface area contributed by atoms with E-state index in [1.54, 1.807) is 47.6 Å². The van der Waals surface area contributed by atoms with Crippen molar-refractivity contribution in [3.8, 4) is 11.5 Å². The maximum absolute atomic E-state index is 12.6. The predicted molar refractivity (Wildman–Crippen MR) is 102 cm³/mol. The molecule has 0 saturated carbocycles. The van der Waals surface area contributed by atoms with Crippen molar-refractivity contribution >= 4 is 17.6 Å². The maximum Gasteiger partial charge on any atom is 0.321 e. The molecule has 1 aromatic heterocycles. The first kappa shape index (κ1) is 18.1. The van der Waals surface area contributed by atoms with Crippen LogP contribution in [0.3, 0.4) is 0 Å². The molecule has 1 unspecified atom stereocenters. The lowest BCUT2D eigenvalue weighted by atomic mass is 9.98. The number of rotatable bonds is 4. The van der Waals surface area contributed by atoms with E-state index in [0.717, 1.165) is 12.8 Å². The van der Waals surface area contributed by atoms with Crippen LogP contribution >= 0.6 is 0 Å². The molecule has 146 valence electrons. The van der Waals surface area contributed by atoms with Gasteiger partial charge in [-0.15, -0.1) is 0 Å². The van der Waals surface area contributed by atoms with Crippen molar-refractivity contribution in [3.63, 3.8) is 0 Å². The summed E-state index contributed by atoms with van der Waals surface area (Å²) in [6.07, 6.45) is 5.05. The number of ether oxygens (including phenoxy) is 2. The summed E-state index contributed by atoms with van der Waals surface area (Å²) in [6, 6.07) is 8.65. The van der Waals surface area contributed by atoms with Gasteiger partial charge in [0.1, 0.15) is 0 Å². The van der Waals surface area contributed by atoms with E-state index in [1.165, 1.54) is 0 Å². The highest BCUT2D eigenvalue weighted by molar-refractivity contribution is 5.93. The van der Waals surface area contributed by atoms with Crippen molar-refractivity contribution in [1.29, 1.82) is 0 Å². The molecule has 0 spiro atoms. The van der Waals surface area contributed by atoms with Crippen LogP contribution in [0.1, 0.15) is 23.2 Å². The molecule has 0 radical (unpaired) electrons. The number of amides is 3. The zero-order chi connectivity index (χ0) is 19.3. The van der Waals surface area contributed by atoms with Crippen LogP contribution in [-0.2, 0) is 0 Å². The summed E-state index contributed by atoms with van der Waals surface area (Å²) < 4.78 is 10.6. The molecule has 2 aliphatic rings. The van der Waals surface area contributed by atoms with Crippen LogP contribution in [0.15, 0.2) is 42.7 Å². The number of fused-ring (bicyclic) bond motifs is 1. The first-order chi connectivity index (χ1) is 13.7. The monoisotopic (exact) mass is 382 g/mol. The van der Waals surface area contributed by atoms with Crippen LogP contribution in [0.2, 0.25) is 0 Å². The number of likely N-dealkylation sites (tertiary alicyclic amines) is 1. The van der Waals surface area contributed by atoms with E-state index in [0.29, 0.717) is 42.4 Å². The molecule has 1 aromatic carbocycles. The number of aromatic nitrogens is 1. The molecular formula is C20H22N4O4. The number of nitrogens with one attached hydrogen (secondary N) is 2. The lowest BCUT2D eigenvalue weighted by molar-refractivity contribution is 0.0938. The molecule has 8 nitrogen and oxygen atoms in total. The van der Waals surface area contributed by atoms with Gasteiger partial charge < -0.3 is 25.0 Å². The summed E-state index contributed by atoms with van der Waals surface area (Å²) in [7, 11) is 0. The molecular weight excluding hydrogens is 360 g/mol. The number of hydrogen-bond acceptors (Lipinski definition) is 5. The second-order valence-corrected chi connectivity index (χ2v) is 6.90. The average molecular weight is 382 g/mol. The van der Waals surface area contributed by atoms with Crippen molar-refractivity contribution in [2.75, 3.05) is 31.7 Å². The summed E-state index contributed by atoms with van der Waals surface area (Å²) in [6.45, 7) is 2.03. The highest BCUT2D eigenvalue weighted by atomic mass is 16.7. The van der Waals surface area contributed by atoms with Gasteiger partial charge in [0.25, 0.3) is 5.91 Å².